The highest BCUT2D eigenvalue weighted by molar-refractivity contribution is 5.53. The molecule has 0 aliphatic carbocycles. The van der Waals surface area contributed by atoms with Gasteiger partial charge in [-0.2, -0.15) is 0 Å². The largest absolute Gasteiger partial charge is 0.420 e. The molecule has 2 heterocycles. The summed E-state index contributed by atoms with van der Waals surface area (Å²) in [6.07, 6.45) is 1.01. The molecule has 20 heavy (non-hydrogen) atoms. The number of benzene rings is 1. The monoisotopic (exact) mass is 275 g/mol. The first-order valence-corrected chi connectivity index (χ1v) is 6.97. The van der Waals surface area contributed by atoms with Crippen LogP contribution in [0.25, 0.3) is 11.5 Å². The third-order valence-corrected chi connectivity index (χ3v) is 3.84. The Morgan fingerprint density at radius 1 is 1.30 bits per heavy atom. The van der Waals surface area contributed by atoms with Crippen molar-refractivity contribution in [1.29, 1.82) is 0 Å². The summed E-state index contributed by atoms with van der Waals surface area (Å²) in [5.41, 5.74) is 0.366. The maximum absolute atomic E-state index is 13.7. The Balaban J connectivity index is 1.80. The summed E-state index contributed by atoms with van der Waals surface area (Å²) in [4.78, 5) is 2.39. The van der Waals surface area contributed by atoms with Crippen molar-refractivity contribution in [2.24, 2.45) is 0 Å². The van der Waals surface area contributed by atoms with E-state index < -0.39 is 0 Å². The fraction of sp³-hybridized carbons (Fsp3) is 0.467. The van der Waals surface area contributed by atoms with Crippen molar-refractivity contribution < 1.29 is 8.81 Å². The van der Waals surface area contributed by atoms with E-state index in [0.717, 1.165) is 19.5 Å². The van der Waals surface area contributed by atoms with Crippen molar-refractivity contribution in [2.75, 3.05) is 13.1 Å². The Morgan fingerprint density at radius 3 is 2.80 bits per heavy atom. The molecule has 3 rings (SSSR count). The van der Waals surface area contributed by atoms with Gasteiger partial charge in [-0.1, -0.05) is 12.1 Å². The van der Waals surface area contributed by atoms with Gasteiger partial charge in [-0.3, -0.25) is 0 Å². The molecular formula is C15H18FN3O. The van der Waals surface area contributed by atoms with E-state index in [1.54, 1.807) is 18.2 Å². The van der Waals surface area contributed by atoms with Crippen molar-refractivity contribution >= 4 is 0 Å². The summed E-state index contributed by atoms with van der Waals surface area (Å²) in [6.45, 7) is 6.33. The molecule has 0 N–H and O–H groups in total. The molecule has 4 nitrogen and oxygen atoms in total. The van der Waals surface area contributed by atoms with Crippen molar-refractivity contribution in [3.63, 3.8) is 0 Å². The Morgan fingerprint density at radius 2 is 2.10 bits per heavy atom. The summed E-state index contributed by atoms with van der Waals surface area (Å²) in [5, 5.41) is 8.09. The summed E-state index contributed by atoms with van der Waals surface area (Å²) in [7, 11) is 0. The van der Waals surface area contributed by atoms with Gasteiger partial charge in [0.05, 0.1) is 11.5 Å². The van der Waals surface area contributed by atoms with Gasteiger partial charge in [-0.25, -0.2) is 4.39 Å². The molecule has 0 bridgehead atoms. The highest BCUT2D eigenvalue weighted by Gasteiger charge is 2.29. The zero-order valence-electron chi connectivity index (χ0n) is 11.7. The smallest absolute Gasteiger partial charge is 0.250 e. The van der Waals surface area contributed by atoms with Gasteiger partial charge >= 0.3 is 0 Å². The van der Waals surface area contributed by atoms with Crippen LogP contribution in [0.2, 0.25) is 0 Å². The molecular weight excluding hydrogens is 257 g/mol. The Labute approximate surface area is 117 Å². The molecule has 0 radical (unpaired) electrons. The minimum absolute atomic E-state index is 0.255. The Bertz CT molecular complexity index is 596. The minimum Gasteiger partial charge on any atom is -0.420 e. The lowest BCUT2D eigenvalue weighted by Crippen LogP contribution is -2.27. The maximum atomic E-state index is 13.7. The van der Waals surface area contributed by atoms with Crippen LogP contribution in [-0.4, -0.2) is 34.2 Å². The van der Waals surface area contributed by atoms with Gasteiger partial charge in [0.1, 0.15) is 5.82 Å². The Kier molecular flexibility index (Phi) is 3.53. The van der Waals surface area contributed by atoms with Crippen LogP contribution in [-0.2, 0) is 0 Å². The average Bonchev–Trinajstić information content (AvgIpc) is 3.08. The molecule has 1 saturated heterocycles. The average molecular weight is 275 g/mol. The maximum Gasteiger partial charge on any atom is 0.250 e. The Hall–Kier alpha value is -1.75. The van der Waals surface area contributed by atoms with Gasteiger partial charge in [-0.15, -0.1) is 10.2 Å². The van der Waals surface area contributed by atoms with E-state index in [-0.39, 0.29) is 17.6 Å². The molecule has 1 aromatic heterocycles. The molecule has 2 aromatic rings. The third kappa shape index (κ3) is 2.45. The molecule has 1 fully saturated rings. The predicted molar refractivity (Wildman–Crippen MR) is 73.8 cm³/mol. The van der Waals surface area contributed by atoms with Crippen LogP contribution in [0.4, 0.5) is 4.39 Å². The molecule has 106 valence electrons. The summed E-state index contributed by atoms with van der Waals surface area (Å²) < 4.78 is 19.4. The topological polar surface area (TPSA) is 42.2 Å². The van der Waals surface area contributed by atoms with Gasteiger partial charge in [0, 0.05) is 12.6 Å². The summed E-state index contributed by atoms with van der Waals surface area (Å²) >= 11 is 0. The number of aromatic nitrogens is 2. The molecule has 0 amide bonds. The normalized spacial score (nSPS) is 19.9. The fourth-order valence-corrected chi connectivity index (χ4v) is 2.60. The summed E-state index contributed by atoms with van der Waals surface area (Å²) in [6, 6.07) is 6.98. The number of rotatable bonds is 3. The van der Waals surface area contributed by atoms with Crippen LogP contribution < -0.4 is 0 Å². The van der Waals surface area contributed by atoms with E-state index in [9.17, 15) is 4.39 Å². The van der Waals surface area contributed by atoms with Crippen LogP contribution in [0.5, 0.6) is 0 Å². The first kappa shape index (κ1) is 13.2. The molecule has 1 atom stereocenters. The lowest BCUT2D eigenvalue weighted by atomic mass is 10.1. The van der Waals surface area contributed by atoms with Gasteiger partial charge in [0.25, 0.3) is 5.89 Å². The standard InChI is InChI=1S/C15H18FN3O/c1-10(2)19-8-7-11(9-19)14-17-18-15(20-14)12-5-3-4-6-13(12)16/h3-6,10-11H,7-9H2,1-2H3/t11-/m0/s1. The van der Waals surface area contributed by atoms with Crippen molar-refractivity contribution in [2.45, 2.75) is 32.2 Å². The van der Waals surface area contributed by atoms with Gasteiger partial charge in [0.15, 0.2) is 0 Å². The molecule has 5 heteroatoms. The zero-order chi connectivity index (χ0) is 14.1. The van der Waals surface area contributed by atoms with Crippen molar-refractivity contribution in [1.82, 2.24) is 15.1 Å². The minimum atomic E-state index is -0.335. The van der Waals surface area contributed by atoms with Gasteiger partial charge in [0.2, 0.25) is 5.89 Å². The molecule has 1 aliphatic rings. The van der Waals surface area contributed by atoms with Gasteiger partial charge in [-0.05, 0) is 38.9 Å². The predicted octanol–water partition coefficient (Wildman–Crippen LogP) is 3.07. The molecule has 0 unspecified atom stereocenters. The zero-order valence-corrected chi connectivity index (χ0v) is 11.7. The second-order valence-corrected chi connectivity index (χ2v) is 5.50. The number of nitrogens with zero attached hydrogens (tertiary/aromatic N) is 3. The third-order valence-electron chi connectivity index (χ3n) is 3.84. The molecule has 0 spiro atoms. The number of hydrogen-bond donors (Lipinski definition) is 0. The second kappa shape index (κ2) is 5.32. The van der Waals surface area contributed by atoms with Crippen LogP contribution in [0.1, 0.15) is 32.1 Å². The summed E-state index contributed by atoms with van der Waals surface area (Å²) in [5.74, 6) is 0.802. The quantitative estimate of drug-likeness (QED) is 0.863. The van der Waals surface area contributed by atoms with Crippen LogP contribution >= 0.6 is 0 Å². The van der Waals surface area contributed by atoms with E-state index in [1.165, 1.54) is 6.07 Å². The van der Waals surface area contributed by atoms with E-state index in [1.807, 2.05) is 0 Å². The first-order chi connectivity index (χ1) is 9.65. The van der Waals surface area contributed by atoms with Crippen LogP contribution in [0, 0.1) is 5.82 Å². The highest BCUT2D eigenvalue weighted by atomic mass is 19.1. The van der Waals surface area contributed by atoms with Crippen LogP contribution in [0.3, 0.4) is 0 Å². The van der Waals surface area contributed by atoms with Crippen LogP contribution in [0.15, 0.2) is 28.7 Å². The SMILES string of the molecule is CC(C)N1CC[C@H](c2nnc(-c3ccccc3F)o2)C1. The van der Waals surface area contributed by atoms with E-state index in [0.29, 0.717) is 17.5 Å². The molecule has 0 saturated carbocycles. The number of halogens is 1. The lowest BCUT2D eigenvalue weighted by molar-refractivity contribution is 0.269. The molecule has 1 aromatic carbocycles. The van der Waals surface area contributed by atoms with Crippen molar-refractivity contribution in [3.05, 3.63) is 36.0 Å². The van der Waals surface area contributed by atoms with Crippen molar-refractivity contribution in [3.8, 4) is 11.5 Å². The number of hydrogen-bond acceptors (Lipinski definition) is 4. The van der Waals surface area contributed by atoms with E-state index >= 15 is 0 Å². The first-order valence-electron chi connectivity index (χ1n) is 6.97. The number of likely N-dealkylation sites (tertiary alicyclic amines) is 1. The fourth-order valence-electron chi connectivity index (χ4n) is 2.60. The lowest BCUT2D eigenvalue weighted by Gasteiger charge is -2.19. The highest BCUT2D eigenvalue weighted by Crippen LogP contribution is 2.30. The molecule has 1 aliphatic heterocycles. The van der Waals surface area contributed by atoms with Gasteiger partial charge < -0.3 is 9.32 Å². The second-order valence-electron chi connectivity index (χ2n) is 5.50. The van der Waals surface area contributed by atoms with E-state index in [4.69, 9.17) is 4.42 Å². The van der Waals surface area contributed by atoms with E-state index in [2.05, 4.69) is 28.9 Å².